The molecule has 0 spiro atoms. The minimum atomic E-state index is -0.674. The Labute approximate surface area is 145 Å². The number of benzene rings is 2. The number of halogens is 1. The topological polar surface area (TPSA) is 81.4 Å². The number of carbonyl (C=O) groups is 2. The summed E-state index contributed by atoms with van der Waals surface area (Å²) in [6.07, 6.45) is -0.232. The summed E-state index contributed by atoms with van der Waals surface area (Å²) in [7, 11) is 0. The van der Waals surface area contributed by atoms with Crippen molar-refractivity contribution in [1.82, 2.24) is 5.32 Å². The van der Waals surface area contributed by atoms with Gasteiger partial charge in [0.25, 0.3) is 0 Å². The van der Waals surface area contributed by atoms with Gasteiger partial charge in [-0.1, -0.05) is 42.2 Å². The second-order valence-corrected chi connectivity index (χ2v) is 5.09. The molecule has 0 saturated heterocycles. The highest BCUT2D eigenvalue weighted by atomic mass is 19.1. The van der Waals surface area contributed by atoms with Gasteiger partial charge in [0.15, 0.2) is 0 Å². The number of hydrogen-bond acceptors (Lipinski definition) is 3. The van der Waals surface area contributed by atoms with Crippen LogP contribution in [0.3, 0.4) is 0 Å². The highest BCUT2D eigenvalue weighted by Crippen LogP contribution is 2.09. The molecular weight excluding hydrogens is 323 g/mol. The van der Waals surface area contributed by atoms with Crippen LogP contribution in [0.15, 0.2) is 48.5 Å². The lowest BCUT2D eigenvalue weighted by molar-refractivity contribution is 0.1000. The molecule has 0 saturated carbocycles. The van der Waals surface area contributed by atoms with Crippen molar-refractivity contribution in [2.75, 3.05) is 6.54 Å². The number of rotatable bonds is 5. The van der Waals surface area contributed by atoms with E-state index in [4.69, 9.17) is 10.5 Å². The van der Waals surface area contributed by atoms with Crippen LogP contribution in [0.25, 0.3) is 0 Å². The average Bonchev–Trinajstić information content (AvgIpc) is 2.60. The van der Waals surface area contributed by atoms with Crippen molar-refractivity contribution in [1.29, 1.82) is 0 Å². The summed E-state index contributed by atoms with van der Waals surface area (Å²) < 4.78 is 18.3. The molecule has 0 bridgehead atoms. The summed E-state index contributed by atoms with van der Waals surface area (Å²) in [6, 6.07) is 12.9. The van der Waals surface area contributed by atoms with Crippen LogP contribution in [0, 0.1) is 17.7 Å². The van der Waals surface area contributed by atoms with Crippen molar-refractivity contribution in [3.63, 3.8) is 0 Å². The van der Waals surface area contributed by atoms with Crippen molar-refractivity contribution in [2.24, 2.45) is 5.73 Å². The molecule has 0 aromatic heterocycles. The number of ether oxygens (including phenoxy) is 1. The number of hydrogen-bond donors (Lipinski definition) is 2. The van der Waals surface area contributed by atoms with Crippen molar-refractivity contribution < 1.29 is 18.7 Å². The van der Waals surface area contributed by atoms with Crippen LogP contribution < -0.4 is 11.1 Å². The first-order chi connectivity index (χ1) is 12.1. The predicted octanol–water partition coefficient (Wildman–Crippen LogP) is 2.59. The number of alkyl carbamates (subject to hydrolysis) is 1. The highest BCUT2D eigenvalue weighted by molar-refractivity contribution is 5.95. The first-order valence-corrected chi connectivity index (χ1v) is 7.59. The Bertz CT molecular complexity index is 810. The molecule has 6 heteroatoms. The highest BCUT2D eigenvalue weighted by Gasteiger charge is 2.07. The smallest absolute Gasteiger partial charge is 0.407 e. The van der Waals surface area contributed by atoms with Crippen molar-refractivity contribution in [3.05, 3.63) is 71.0 Å². The Kier molecular flexibility index (Phi) is 6.55. The predicted molar refractivity (Wildman–Crippen MR) is 91.0 cm³/mol. The van der Waals surface area contributed by atoms with Gasteiger partial charge in [-0.3, -0.25) is 4.79 Å². The van der Waals surface area contributed by atoms with Crippen LogP contribution in [0.4, 0.5) is 9.18 Å². The van der Waals surface area contributed by atoms with Gasteiger partial charge in [-0.15, -0.1) is 0 Å². The molecule has 0 aliphatic carbocycles. The van der Waals surface area contributed by atoms with Crippen LogP contribution in [-0.2, 0) is 11.3 Å². The van der Waals surface area contributed by atoms with E-state index in [0.717, 1.165) is 17.7 Å². The Morgan fingerprint density at radius 3 is 2.64 bits per heavy atom. The average molecular weight is 340 g/mol. The van der Waals surface area contributed by atoms with E-state index in [1.165, 1.54) is 6.07 Å². The lowest BCUT2D eigenvalue weighted by atomic mass is 10.1. The number of carbonyl (C=O) groups excluding carboxylic acids is 2. The van der Waals surface area contributed by atoms with E-state index in [1.54, 1.807) is 0 Å². The maximum absolute atomic E-state index is 13.2. The first kappa shape index (κ1) is 18.0. The van der Waals surface area contributed by atoms with E-state index in [0.29, 0.717) is 6.42 Å². The molecule has 0 aliphatic heterocycles. The van der Waals surface area contributed by atoms with E-state index < -0.39 is 17.8 Å². The van der Waals surface area contributed by atoms with Gasteiger partial charge < -0.3 is 15.8 Å². The molecule has 0 fully saturated rings. The van der Waals surface area contributed by atoms with Crippen LogP contribution in [0.1, 0.15) is 27.9 Å². The Hall–Kier alpha value is -3.33. The van der Waals surface area contributed by atoms with E-state index >= 15 is 0 Å². The molecule has 5 nitrogen and oxygen atoms in total. The van der Waals surface area contributed by atoms with Gasteiger partial charge in [0, 0.05) is 18.5 Å². The minimum absolute atomic E-state index is 0.157. The van der Waals surface area contributed by atoms with E-state index in [2.05, 4.69) is 17.2 Å². The summed E-state index contributed by atoms with van der Waals surface area (Å²) >= 11 is 0. The number of primary amides is 1. The molecule has 2 aromatic rings. The summed E-state index contributed by atoms with van der Waals surface area (Å²) in [5.41, 5.74) is 6.48. The summed E-state index contributed by atoms with van der Waals surface area (Å²) in [5, 5.41) is 2.56. The fourth-order valence-corrected chi connectivity index (χ4v) is 1.99. The zero-order chi connectivity index (χ0) is 18.1. The fraction of sp³-hybridized carbons (Fsp3) is 0.158. The molecule has 0 heterocycles. The van der Waals surface area contributed by atoms with Gasteiger partial charge in [0.2, 0.25) is 5.91 Å². The Morgan fingerprint density at radius 2 is 1.92 bits per heavy atom. The standard InChI is InChI=1S/C19H17FN2O3/c20-16-9-10-17(18(21)23)15(12-16)8-4-5-11-22-19(24)25-13-14-6-2-1-3-7-14/h1-3,6-7,9-10,12H,5,11,13H2,(H2,21,23)(H,22,24). The van der Waals surface area contributed by atoms with Crippen molar-refractivity contribution in [3.8, 4) is 11.8 Å². The zero-order valence-electron chi connectivity index (χ0n) is 13.4. The third kappa shape index (κ3) is 5.99. The maximum atomic E-state index is 13.2. The maximum Gasteiger partial charge on any atom is 0.407 e. The van der Waals surface area contributed by atoms with Crippen LogP contribution in [-0.4, -0.2) is 18.5 Å². The van der Waals surface area contributed by atoms with E-state index in [1.807, 2.05) is 30.3 Å². The van der Waals surface area contributed by atoms with Gasteiger partial charge in [0.05, 0.1) is 5.56 Å². The molecule has 3 N–H and O–H groups in total. The van der Waals surface area contributed by atoms with Gasteiger partial charge >= 0.3 is 6.09 Å². The molecule has 2 rings (SSSR count). The van der Waals surface area contributed by atoms with Gasteiger partial charge in [0.1, 0.15) is 12.4 Å². The molecular formula is C19H17FN2O3. The molecule has 2 amide bonds. The zero-order valence-corrected chi connectivity index (χ0v) is 13.4. The largest absolute Gasteiger partial charge is 0.445 e. The third-order valence-corrected chi connectivity index (χ3v) is 3.20. The first-order valence-electron chi connectivity index (χ1n) is 7.59. The van der Waals surface area contributed by atoms with Crippen molar-refractivity contribution >= 4 is 12.0 Å². The van der Waals surface area contributed by atoms with Crippen molar-refractivity contribution in [2.45, 2.75) is 13.0 Å². The summed E-state index contributed by atoms with van der Waals surface area (Å²) in [5.74, 6) is 4.27. The number of nitrogens with two attached hydrogens (primary N) is 1. The summed E-state index contributed by atoms with van der Waals surface area (Å²) in [6.45, 7) is 0.450. The molecule has 0 unspecified atom stereocenters. The van der Waals surface area contributed by atoms with E-state index in [-0.39, 0.29) is 24.3 Å². The third-order valence-electron chi connectivity index (χ3n) is 3.20. The molecule has 0 radical (unpaired) electrons. The van der Waals surface area contributed by atoms with Gasteiger partial charge in [-0.05, 0) is 23.8 Å². The molecule has 2 aromatic carbocycles. The quantitative estimate of drug-likeness (QED) is 0.648. The number of amides is 2. The normalized spacial score (nSPS) is 9.64. The van der Waals surface area contributed by atoms with Crippen LogP contribution >= 0.6 is 0 Å². The monoisotopic (exact) mass is 340 g/mol. The molecule has 0 atom stereocenters. The molecule has 128 valence electrons. The molecule has 0 aliphatic rings. The lowest BCUT2D eigenvalue weighted by Gasteiger charge is -2.05. The van der Waals surface area contributed by atoms with E-state index in [9.17, 15) is 14.0 Å². The Morgan fingerprint density at radius 1 is 1.16 bits per heavy atom. The molecule has 25 heavy (non-hydrogen) atoms. The lowest BCUT2D eigenvalue weighted by Crippen LogP contribution is -2.24. The van der Waals surface area contributed by atoms with Crippen LogP contribution in [0.5, 0.6) is 0 Å². The summed E-state index contributed by atoms with van der Waals surface area (Å²) in [4.78, 5) is 22.8. The Balaban J connectivity index is 1.78. The minimum Gasteiger partial charge on any atom is -0.445 e. The van der Waals surface area contributed by atoms with Gasteiger partial charge in [-0.25, -0.2) is 9.18 Å². The van der Waals surface area contributed by atoms with Crippen LogP contribution in [0.2, 0.25) is 0 Å². The number of nitrogens with one attached hydrogen (secondary N) is 1. The SMILES string of the molecule is NC(=O)c1ccc(F)cc1C#CCCNC(=O)OCc1ccccc1. The fourth-order valence-electron chi connectivity index (χ4n) is 1.99. The second kappa shape index (κ2) is 9.08. The van der Waals surface area contributed by atoms with Gasteiger partial charge in [-0.2, -0.15) is 0 Å². The second-order valence-electron chi connectivity index (χ2n) is 5.09.